The van der Waals surface area contributed by atoms with E-state index in [0.29, 0.717) is 5.92 Å². The average molecular weight is 351 g/mol. The lowest BCUT2D eigenvalue weighted by molar-refractivity contribution is 0.472. The van der Waals surface area contributed by atoms with E-state index in [1.165, 1.54) is 17.7 Å². The van der Waals surface area contributed by atoms with Gasteiger partial charge in [0.15, 0.2) is 5.96 Å². The zero-order valence-corrected chi connectivity index (χ0v) is 15.9. The number of para-hydroxylation sites is 1. The molecule has 1 unspecified atom stereocenters. The summed E-state index contributed by atoms with van der Waals surface area (Å²) in [5, 5.41) is 3.43. The van der Waals surface area contributed by atoms with Crippen LogP contribution in [0.5, 0.6) is 0 Å². The second kappa shape index (κ2) is 9.27. The minimum absolute atomic E-state index is 0.619. The Balaban J connectivity index is 1.57. The Kier molecular flexibility index (Phi) is 6.53. The van der Waals surface area contributed by atoms with Gasteiger partial charge in [0.05, 0.1) is 0 Å². The van der Waals surface area contributed by atoms with Crippen LogP contribution in [0.1, 0.15) is 18.9 Å². The Hall–Kier alpha value is -2.49. The lowest BCUT2D eigenvalue weighted by atomic mass is 10.1. The Morgan fingerprint density at radius 2 is 1.81 bits per heavy atom. The quantitative estimate of drug-likeness (QED) is 0.638. The fraction of sp³-hybridized carbons (Fsp3) is 0.409. The summed E-state index contributed by atoms with van der Waals surface area (Å²) in [6.07, 6.45) is 1.21. The van der Waals surface area contributed by atoms with E-state index in [2.05, 4.69) is 89.8 Å². The highest BCUT2D eigenvalue weighted by molar-refractivity contribution is 5.79. The third kappa shape index (κ3) is 5.01. The minimum Gasteiger partial charge on any atom is -0.371 e. The maximum Gasteiger partial charge on any atom is 0.193 e. The van der Waals surface area contributed by atoms with Crippen molar-refractivity contribution >= 4 is 11.6 Å². The van der Waals surface area contributed by atoms with Crippen LogP contribution in [0.2, 0.25) is 0 Å². The Bertz CT molecular complexity index is 684. The van der Waals surface area contributed by atoms with Gasteiger partial charge in [-0.2, -0.15) is 0 Å². The first kappa shape index (κ1) is 18.3. The molecule has 26 heavy (non-hydrogen) atoms. The molecule has 1 heterocycles. The van der Waals surface area contributed by atoms with E-state index in [-0.39, 0.29) is 0 Å². The first-order valence-electron chi connectivity index (χ1n) is 9.59. The van der Waals surface area contributed by atoms with Crippen molar-refractivity contribution in [2.45, 2.75) is 19.9 Å². The summed E-state index contributed by atoms with van der Waals surface area (Å²) in [4.78, 5) is 9.61. The number of nitrogens with one attached hydrogen (secondary N) is 1. The summed E-state index contributed by atoms with van der Waals surface area (Å²) >= 11 is 0. The van der Waals surface area contributed by atoms with Gasteiger partial charge in [-0.15, -0.1) is 0 Å². The molecule has 138 valence electrons. The molecule has 0 saturated carbocycles. The molecule has 4 heteroatoms. The predicted octanol–water partition coefficient (Wildman–Crippen LogP) is 3.61. The lowest BCUT2D eigenvalue weighted by Crippen LogP contribution is -2.38. The van der Waals surface area contributed by atoms with Crippen LogP contribution in [0.4, 0.5) is 5.69 Å². The molecular weight excluding hydrogens is 320 g/mol. The Labute approximate surface area is 157 Å². The molecule has 0 radical (unpaired) electrons. The van der Waals surface area contributed by atoms with Gasteiger partial charge < -0.3 is 15.1 Å². The molecule has 1 aliphatic heterocycles. The van der Waals surface area contributed by atoms with Gasteiger partial charge in [0.1, 0.15) is 0 Å². The molecule has 2 aromatic rings. The second-order valence-electron chi connectivity index (χ2n) is 6.97. The van der Waals surface area contributed by atoms with Gasteiger partial charge in [-0.1, -0.05) is 48.5 Å². The molecule has 0 aromatic heterocycles. The van der Waals surface area contributed by atoms with Crippen LogP contribution in [0.15, 0.2) is 65.7 Å². The summed E-state index contributed by atoms with van der Waals surface area (Å²) in [6.45, 7) is 6.98. The lowest BCUT2D eigenvalue weighted by Gasteiger charge is -2.23. The van der Waals surface area contributed by atoms with Gasteiger partial charge in [-0.3, -0.25) is 4.99 Å². The maximum absolute atomic E-state index is 4.92. The minimum atomic E-state index is 0.619. The summed E-state index contributed by atoms with van der Waals surface area (Å²) < 4.78 is 0. The molecule has 1 fully saturated rings. The molecule has 1 atom stereocenters. The van der Waals surface area contributed by atoms with Gasteiger partial charge in [0.2, 0.25) is 0 Å². The van der Waals surface area contributed by atoms with E-state index in [4.69, 9.17) is 4.99 Å². The molecule has 4 nitrogen and oxygen atoms in total. The van der Waals surface area contributed by atoms with E-state index < -0.39 is 0 Å². The monoisotopic (exact) mass is 350 g/mol. The molecular formula is C22H30N4. The van der Waals surface area contributed by atoms with E-state index in [0.717, 1.165) is 38.7 Å². The van der Waals surface area contributed by atoms with Gasteiger partial charge >= 0.3 is 0 Å². The number of hydrogen-bond acceptors (Lipinski definition) is 2. The average Bonchev–Trinajstić information content (AvgIpc) is 3.15. The van der Waals surface area contributed by atoms with Crippen molar-refractivity contribution in [1.29, 1.82) is 0 Å². The first-order chi connectivity index (χ1) is 12.8. The van der Waals surface area contributed by atoms with Crippen molar-refractivity contribution < 1.29 is 0 Å². The molecule has 0 spiro atoms. The fourth-order valence-electron chi connectivity index (χ4n) is 3.47. The highest BCUT2D eigenvalue weighted by atomic mass is 15.3. The van der Waals surface area contributed by atoms with Crippen molar-refractivity contribution in [2.24, 2.45) is 10.9 Å². The zero-order chi connectivity index (χ0) is 18.2. The number of hydrogen-bond donors (Lipinski definition) is 1. The molecule has 0 amide bonds. The number of guanidine groups is 1. The van der Waals surface area contributed by atoms with Crippen LogP contribution in [0, 0.1) is 5.92 Å². The van der Waals surface area contributed by atoms with Crippen LogP contribution in [-0.2, 0) is 6.54 Å². The van der Waals surface area contributed by atoms with Gasteiger partial charge in [0, 0.05) is 45.5 Å². The van der Waals surface area contributed by atoms with E-state index in [1.54, 1.807) is 0 Å². The molecule has 1 saturated heterocycles. The summed E-state index contributed by atoms with van der Waals surface area (Å²) in [5.74, 6) is 1.61. The summed E-state index contributed by atoms with van der Waals surface area (Å²) in [7, 11) is 2.11. The number of anilines is 1. The third-order valence-corrected chi connectivity index (χ3v) is 4.87. The third-order valence-electron chi connectivity index (χ3n) is 4.87. The molecule has 1 aliphatic rings. The normalized spacial score (nSPS) is 17.4. The first-order valence-corrected chi connectivity index (χ1v) is 9.59. The van der Waals surface area contributed by atoms with Crippen LogP contribution in [-0.4, -0.2) is 44.1 Å². The molecule has 3 rings (SSSR count). The molecule has 0 aliphatic carbocycles. The van der Waals surface area contributed by atoms with E-state index in [1.807, 2.05) is 0 Å². The van der Waals surface area contributed by atoms with Crippen molar-refractivity contribution in [3.63, 3.8) is 0 Å². The van der Waals surface area contributed by atoms with Gasteiger partial charge in [-0.25, -0.2) is 0 Å². The molecule has 1 N–H and O–H groups in total. The fourth-order valence-corrected chi connectivity index (χ4v) is 3.47. The Morgan fingerprint density at radius 3 is 2.50 bits per heavy atom. The smallest absolute Gasteiger partial charge is 0.193 e. The second-order valence-corrected chi connectivity index (χ2v) is 6.97. The highest BCUT2D eigenvalue weighted by Crippen LogP contribution is 2.23. The van der Waals surface area contributed by atoms with Crippen LogP contribution < -0.4 is 10.2 Å². The van der Waals surface area contributed by atoms with Crippen LogP contribution in [0.3, 0.4) is 0 Å². The van der Waals surface area contributed by atoms with Gasteiger partial charge in [-0.05, 0) is 37.0 Å². The largest absolute Gasteiger partial charge is 0.371 e. The SMILES string of the molecule is CCNC(=NCC1CCN(c2ccccc2)C1)N(C)Cc1ccccc1. The Morgan fingerprint density at radius 1 is 1.12 bits per heavy atom. The van der Waals surface area contributed by atoms with Crippen molar-refractivity contribution in [1.82, 2.24) is 10.2 Å². The molecule has 2 aromatic carbocycles. The number of nitrogens with zero attached hydrogens (tertiary/aromatic N) is 3. The topological polar surface area (TPSA) is 30.9 Å². The van der Waals surface area contributed by atoms with E-state index >= 15 is 0 Å². The van der Waals surface area contributed by atoms with Crippen LogP contribution in [0.25, 0.3) is 0 Å². The maximum atomic E-state index is 4.92. The van der Waals surface area contributed by atoms with Crippen LogP contribution >= 0.6 is 0 Å². The zero-order valence-electron chi connectivity index (χ0n) is 15.9. The predicted molar refractivity (Wildman–Crippen MR) is 111 cm³/mol. The van der Waals surface area contributed by atoms with Crippen molar-refractivity contribution in [3.05, 3.63) is 66.2 Å². The van der Waals surface area contributed by atoms with E-state index in [9.17, 15) is 0 Å². The number of benzene rings is 2. The highest BCUT2D eigenvalue weighted by Gasteiger charge is 2.22. The van der Waals surface area contributed by atoms with Crippen molar-refractivity contribution in [3.8, 4) is 0 Å². The summed E-state index contributed by atoms with van der Waals surface area (Å²) in [5.41, 5.74) is 2.63. The van der Waals surface area contributed by atoms with Crippen molar-refractivity contribution in [2.75, 3.05) is 38.1 Å². The standard InChI is InChI=1S/C22H30N4/c1-3-23-22(25(2)17-19-10-6-4-7-11-19)24-16-20-14-15-26(18-20)21-12-8-5-9-13-21/h4-13,20H,3,14-18H2,1-2H3,(H,23,24). The summed E-state index contributed by atoms with van der Waals surface area (Å²) in [6, 6.07) is 21.3. The van der Waals surface area contributed by atoms with Gasteiger partial charge in [0.25, 0.3) is 0 Å². The molecule has 0 bridgehead atoms. The number of aliphatic imine (C=N–C) groups is 1. The number of rotatable bonds is 6.